The molecule has 5 nitrogen and oxygen atoms in total. The van der Waals surface area contributed by atoms with Crippen LogP contribution in [0.5, 0.6) is 0 Å². The zero-order valence-corrected chi connectivity index (χ0v) is 17.4. The summed E-state index contributed by atoms with van der Waals surface area (Å²) in [4.78, 5) is 13.4. The largest absolute Gasteiger partial charge is 0.330 e. The van der Waals surface area contributed by atoms with Crippen LogP contribution < -0.4 is 11.1 Å². The van der Waals surface area contributed by atoms with Gasteiger partial charge in [0.05, 0.1) is 5.02 Å². The minimum Gasteiger partial charge on any atom is -0.330 e. The maximum Gasteiger partial charge on any atom is 0.224 e. The Hall–Kier alpha value is -0.860. The first-order chi connectivity index (χ1) is 12.1. The van der Waals surface area contributed by atoms with Gasteiger partial charge in [-0.2, -0.15) is 0 Å². The van der Waals surface area contributed by atoms with Crippen molar-refractivity contribution < 1.29 is 4.79 Å². The average Bonchev–Trinajstić information content (AvgIpc) is 3.11. The van der Waals surface area contributed by atoms with E-state index < -0.39 is 0 Å². The van der Waals surface area contributed by atoms with E-state index in [9.17, 15) is 4.79 Å². The molecular weight excluding hydrogens is 411 g/mol. The first-order valence-electron chi connectivity index (χ1n) is 8.34. The van der Waals surface area contributed by atoms with Gasteiger partial charge >= 0.3 is 0 Å². The van der Waals surface area contributed by atoms with Gasteiger partial charge in [-0.05, 0) is 43.0 Å². The van der Waals surface area contributed by atoms with Gasteiger partial charge in [0.1, 0.15) is 5.51 Å². The van der Waals surface area contributed by atoms with E-state index in [0.29, 0.717) is 23.7 Å². The Bertz CT molecular complexity index is 722. The van der Waals surface area contributed by atoms with Gasteiger partial charge in [-0.15, -0.1) is 22.6 Å². The molecule has 1 heterocycles. The van der Waals surface area contributed by atoms with Gasteiger partial charge in [0.25, 0.3) is 0 Å². The van der Waals surface area contributed by atoms with E-state index in [-0.39, 0.29) is 23.7 Å². The molecule has 0 radical (unpaired) electrons. The highest BCUT2D eigenvalue weighted by Crippen LogP contribution is 2.39. The summed E-state index contributed by atoms with van der Waals surface area (Å²) < 4.78 is 0.834. The summed E-state index contributed by atoms with van der Waals surface area (Å²) in [6.45, 7) is 0.568. The molecule has 0 aliphatic heterocycles. The van der Waals surface area contributed by atoms with Gasteiger partial charge in [-0.25, -0.2) is 0 Å². The van der Waals surface area contributed by atoms with Gasteiger partial charge in [0.15, 0.2) is 4.34 Å². The molecule has 0 spiro atoms. The van der Waals surface area contributed by atoms with Crippen molar-refractivity contribution in [2.45, 2.75) is 47.8 Å². The molecule has 1 amide bonds. The average molecular weight is 433 g/mol. The highest BCUT2D eigenvalue weighted by atomic mass is 35.5. The SMILES string of the molecule is Cl.NCC1(CC(=O)Nc2ccc(Sc3nncs3)c(Cl)c2)CCCCC1. The van der Waals surface area contributed by atoms with Gasteiger partial charge < -0.3 is 11.1 Å². The fourth-order valence-electron chi connectivity index (χ4n) is 3.26. The number of anilines is 1. The molecule has 1 saturated carbocycles. The van der Waals surface area contributed by atoms with Crippen molar-refractivity contribution in [3.63, 3.8) is 0 Å². The minimum atomic E-state index is -0.0419. The number of amides is 1. The molecule has 9 heteroatoms. The normalized spacial score (nSPS) is 15.9. The molecule has 1 aliphatic carbocycles. The monoisotopic (exact) mass is 432 g/mol. The number of carbonyl (C=O) groups excluding carboxylic acids is 1. The lowest BCUT2D eigenvalue weighted by Crippen LogP contribution is -2.36. The van der Waals surface area contributed by atoms with Gasteiger partial charge in [-0.1, -0.05) is 54.0 Å². The third-order valence-corrected chi connectivity index (χ3v) is 6.91. The highest BCUT2D eigenvalue weighted by molar-refractivity contribution is 8.01. The van der Waals surface area contributed by atoms with E-state index in [4.69, 9.17) is 17.3 Å². The molecule has 0 saturated heterocycles. The molecule has 0 unspecified atom stereocenters. The Morgan fingerprint density at radius 3 is 2.73 bits per heavy atom. The summed E-state index contributed by atoms with van der Waals surface area (Å²) in [6, 6.07) is 5.53. The molecule has 26 heavy (non-hydrogen) atoms. The van der Waals surface area contributed by atoms with E-state index >= 15 is 0 Å². The van der Waals surface area contributed by atoms with Crippen LogP contribution in [0.15, 0.2) is 32.9 Å². The lowest BCUT2D eigenvalue weighted by molar-refractivity contribution is -0.118. The summed E-state index contributed by atoms with van der Waals surface area (Å²) >= 11 is 9.27. The maximum atomic E-state index is 12.5. The van der Waals surface area contributed by atoms with Gasteiger partial charge in [0.2, 0.25) is 5.91 Å². The summed E-state index contributed by atoms with van der Waals surface area (Å²) in [5.41, 5.74) is 8.32. The van der Waals surface area contributed by atoms with Crippen LogP contribution in [0.1, 0.15) is 38.5 Å². The maximum absolute atomic E-state index is 12.5. The quantitative estimate of drug-likeness (QED) is 0.670. The van der Waals surface area contributed by atoms with E-state index in [1.165, 1.54) is 29.5 Å². The van der Waals surface area contributed by atoms with E-state index in [2.05, 4.69) is 15.5 Å². The molecular formula is C17H22Cl2N4OS2. The van der Waals surface area contributed by atoms with E-state index in [0.717, 1.165) is 34.9 Å². The lowest BCUT2D eigenvalue weighted by atomic mass is 9.71. The number of hydrogen-bond acceptors (Lipinski definition) is 6. The number of nitrogens with two attached hydrogens (primary N) is 1. The molecule has 1 fully saturated rings. The number of aromatic nitrogens is 2. The summed E-state index contributed by atoms with van der Waals surface area (Å²) in [6.07, 6.45) is 6.11. The zero-order chi connectivity index (χ0) is 17.7. The van der Waals surface area contributed by atoms with Crippen molar-refractivity contribution in [3.05, 3.63) is 28.7 Å². The smallest absolute Gasteiger partial charge is 0.224 e. The summed E-state index contributed by atoms with van der Waals surface area (Å²) in [7, 11) is 0. The first-order valence-corrected chi connectivity index (χ1v) is 10.4. The van der Waals surface area contributed by atoms with E-state index in [1.807, 2.05) is 12.1 Å². The van der Waals surface area contributed by atoms with Crippen LogP contribution in [0, 0.1) is 5.41 Å². The van der Waals surface area contributed by atoms with Crippen molar-refractivity contribution >= 4 is 58.7 Å². The number of halogens is 2. The summed E-state index contributed by atoms with van der Waals surface area (Å²) in [5, 5.41) is 11.4. The summed E-state index contributed by atoms with van der Waals surface area (Å²) in [5.74, 6) is 0.00735. The third kappa shape index (κ3) is 5.57. The van der Waals surface area contributed by atoms with Crippen LogP contribution >= 0.6 is 47.1 Å². The lowest BCUT2D eigenvalue weighted by Gasteiger charge is -2.35. The first kappa shape index (κ1) is 21.4. The van der Waals surface area contributed by atoms with Crippen molar-refractivity contribution in [1.29, 1.82) is 0 Å². The Balaban J connectivity index is 0.00000243. The number of nitrogens with zero attached hydrogens (tertiary/aromatic N) is 2. The second-order valence-electron chi connectivity index (χ2n) is 6.44. The molecule has 2 aromatic rings. The molecule has 1 aliphatic rings. The van der Waals surface area contributed by atoms with Crippen molar-refractivity contribution in [2.24, 2.45) is 11.1 Å². The predicted molar refractivity (Wildman–Crippen MR) is 111 cm³/mol. The number of carbonyl (C=O) groups is 1. The van der Waals surface area contributed by atoms with Crippen LogP contribution in [0.4, 0.5) is 5.69 Å². The standard InChI is InChI=1S/C17H21ClN4OS2.ClH/c18-13-8-12(4-5-14(13)25-16-22-20-11-24-16)21-15(23)9-17(10-19)6-2-1-3-7-17;/h4-5,8,11H,1-3,6-7,9-10,19H2,(H,21,23);1H. The van der Waals surface area contributed by atoms with Crippen LogP contribution in [-0.2, 0) is 4.79 Å². The van der Waals surface area contributed by atoms with Crippen LogP contribution in [-0.4, -0.2) is 22.6 Å². The predicted octanol–water partition coefficient (Wildman–Crippen LogP) is 5.00. The second-order valence-corrected chi connectivity index (χ2v) is 8.97. The number of nitrogens with one attached hydrogen (secondary N) is 1. The fourth-order valence-corrected chi connectivity index (χ4v) is 5.00. The van der Waals surface area contributed by atoms with Crippen LogP contribution in [0.25, 0.3) is 0 Å². The molecule has 0 bridgehead atoms. The third-order valence-electron chi connectivity index (χ3n) is 4.64. The van der Waals surface area contributed by atoms with Gasteiger partial charge in [0, 0.05) is 17.0 Å². The minimum absolute atomic E-state index is 0. The van der Waals surface area contributed by atoms with Crippen molar-refractivity contribution in [2.75, 3.05) is 11.9 Å². The Morgan fingerprint density at radius 2 is 2.12 bits per heavy atom. The van der Waals surface area contributed by atoms with Gasteiger partial charge in [-0.3, -0.25) is 4.79 Å². The topological polar surface area (TPSA) is 80.9 Å². The Kier molecular flexibility index (Phi) is 8.16. The molecule has 142 valence electrons. The van der Waals surface area contributed by atoms with Crippen LogP contribution in [0.2, 0.25) is 5.02 Å². The zero-order valence-electron chi connectivity index (χ0n) is 14.2. The Morgan fingerprint density at radius 1 is 1.35 bits per heavy atom. The molecule has 0 atom stereocenters. The van der Waals surface area contributed by atoms with E-state index in [1.54, 1.807) is 11.6 Å². The fraction of sp³-hybridized carbons (Fsp3) is 0.471. The molecule has 3 rings (SSSR count). The van der Waals surface area contributed by atoms with Crippen molar-refractivity contribution in [3.8, 4) is 0 Å². The number of benzene rings is 1. The molecule has 1 aromatic carbocycles. The Labute approximate surface area is 172 Å². The number of hydrogen-bond donors (Lipinski definition) is 2. The second kappa shape index (κ2) is 9.90. The van der Waals surface area contributed by atoms with Crippen LogP contribution in [0.3, 0.4) is 0 Å². The highest BCUT2D eigenvalue weighted by Gasteiger charge is 2.32. The molecule has 1 aromatic heterocycles. The molecule has 3 N–H and O–H groups in total. The number of rotatable bonds is 6. The van der Waals surface area contributed by atoms with Crippen molar-refractivity contribution in [1.82, 2.24) is 10.2 Å².